The smallest absolute Gasteiger partial charge is 0.0750 e. The summed E-state index contributed by atoms with van der Waals surface area (Å²) in [5, 5.41) is 1.19. The van der Waals surface area contributed by atoms with E-state index in [1.807, 2.05) is 12.3 Å². The van der Waals surface area contributed by atoms with Gasteiger partial charge in [-0.1, -0.05) is 24.3 Å². The van der Waals surface area contributed by atoms with E-state index in [0.29, 0.717) is 6.04 Å². The van der Waals surface area contributed by atoms with Gasteiger partial charge < -0.3 is 5.73 Å². The second kappa shape index (κ2) is 4.09. The van der Waals surface area contributed by atoms with Crippen molar-refractivity contribution in [3.05, 3.63) is 42.1 Å². The van der Waals surface area contributed by atoms with Gasteiger partial charge in [0.15, 0.2) is 0 Å². The van der Waals surface area contributed by atoms with Gasteiger partial charge in [-0.2, -0.15) is 0 Å². The highest BCUT2D eigenvalue weighted by molar-refractivity contribution is 5.82. The number of benzene rings is 1. The molecule has 2 unspecified atom stereocenters. The maximum absolute atomic E-state index is 6.22. The third kappa shape index (κ3) is 1.72. The highest BCUT2D eigenvalue weighted by Gasteiger charge is 2.31. The molecule has 0 aliphatic carbocycles. The molecule has 0 saturated carbocycles. The minimum absolute atomic E-state index is 0.215. The summed E-state index contributed by atoms with van der Waals surface area (Å²) in [4.78, 5) is 6.84. The van der Waals surface area contributed by atoms with Crippen molar-refractivity contribution in [3.63, 3.8) is 0 Å². The minimum Gasteiger partial charge on any atom is -0.326 e. The van der Waals surface area contributed by atoms with Gasteiger partial charge in [-0.25, -0.2) is 0 Å². The van der Waals surface area contributed by atoms with Crippen molar-refractivity contribution >= 4 is 10.9 Å². The molecule has 0 bridgehead atoms. The number of likely N-dealkylation sites (tertiary alicyclic amines) is 1. The number of hydrogen-bond donors (Lipinski definition) is 1. The second-order valence-electron chi connectivity index (χ2n) is 4.80. The van der Waals surface area contributed by atoms with Crippen molar-refractivity contribution in [2.75, 3.05) is 13.6 Å². The van der Waals surface area contributed by atoms with E-state index >= 15 is 0 Å². The van der Waals surface area contributed by atoms with E-state index in [-0.39, 0.29) is 6.04 Å². The molecule has 1 aromatic heterocycles. The summed E-state index contributed by atoms with van der Waals surface area (Å²) in [6.07, 6.45) is 2.91. The SMILES string of the molecule is CN1CCC(N)C1c1cccc2cccnc12. The van der Waals surface area contributed by atoms with E-state index < -0.39 is 0 Å². The van der Waals surface area contributed by atoms with Gasteiger partial charge in [0.05, 0.1) is 11.6 Å². The van der Waals surface area contributed by atoms with Crippen molar-refractivity contribution in [1.29, 1.82) is 0 Å². The monoisotopic (exact) mass is 227 g/mol. The van der Waals surface area contributed by atoms with Crippen LogP contribution in [0.4, 0.5) is 0 Å². The molecular formula is C14H17N3. The number of rotatable bonds is 1. The zero-order chi connectivity index (χ0) is 11.8. The van der Waals surface area contributed by atoms with Crippen LogP contribution in [0.1, 0.15) is 18.0 Å². The summed E-state index contributed by atoms with van der Waals surface area (Å²) < 4.78 is 0. The molecule has 0 radical (unpaired) electrons. The number of pyridine rings is 1. The van der Waals surface area contributed by atoms with Crippen molar-refractivity contribution in [2.45, 2.75) is 18.5 Å². The predicted molar refractivity (Wildman–Crippen MR) is 69.7 cm³/mol. The Hall–Kier alpha value is -1.45. The third-order valence-electron chi connectivity index (χ3n) is 3.68. The molecule has 1 aliphatic rings. The van der Waals surface area contributed by atoms with Crippen molar-refractivity contribution in [3.8, 4) is 0 Å². The van der Waals surface area contributed by atoms with Crippen LogP contribution in [0.15, 0.2) is 36.5 Å². The van der Waals surface area contributed by atoms with Crippen LogP contribution in [0.5, 0.6) is 0 Å². The first kappa shape index (κ1) is 10.7. The van der Waals surface area contributed by atoms with Crippen LogP contribution in [0.2, 0.25) is 0 Å². The largest absolute Gasteiger partial charge is 0.326 e. The molecule has 88 valence electrons. The molecule has 1 aliphatic heterocycles. The van der Waals surface area contributed by atoms with E-state index in [1.165, 1.54) is 10.9 Å². The van der Waals surface area contributed by atoms with Crippen LogP contribution >= 0.6 is 0 Å². The topological polar surface area (TPSA) is 42.1 Å². The van der Waals surface area contributed by atoms with Gasteiger partial charge in [0.1, 0.15) is 0 Å². The summed E-state index contributed by atoms with van der Waals surface area (Å²) in [5.41, 5.74) is 8.57. The average molecular weight is 227 g/mol. The van der Waals surface area contributed by atoms with Crippen molar-refractivity contribution in [1.82, 2.24) is 9.88 Å². The van der Waals surface area contributed by atoms with Crippen molar-refractivity contribution < 1.29 is 0 Å². The maximum atomic E-state index is 6.22. The molecule has 1 aromatic carbocycles. The van der Waals surface area contributed by atoms with Gasteiger partial charge in [-0.3, -0.25) is 9.88 Å². The molecule has 1 saturated heterocycles. The Labute approximate surface area is 101 Å². The molecular weight excluding hydrogens is 210 g/mol. The minimum atomic E-state index is 0.215. The van der Waals surface area contributed by atoms with Gasteiger partial charge in [-0.15, -0.1) is 0 Å². The number of para-hydroxylation sites is 1. The Balaban J connectivity index is 2.17. The fourth-order valence-electron chi connectivity index (χ4n) is 2.81. The summed E-state index contributed by atoms with van der Waals surface area (Å²) in [6, 6.07) is 10.9. The van der Waals surface area contributed by atoms with Crippen LogP contribution in [0.3, 0.4) is 0 Å². The lowest BCUT2D eigenvalue weighted by Gasteiger charge is -2.24. The summed E-state index contributed by atoms with van der Waals surface area (Å²) in [6.45, 7) is 1.06. The van der Waals surface area contributed by atoms with Gasteiger partial charge in [0, 0.05) is 24.2 Å². The number of fused-ring (bicyclic) bond motifs is 1. The normalized spacial score (nSPS) is 25.5. The molecule has 3 heteroatoms. The Morgan fingerprint density at radius 1 is 1.29 bits per heavy atom. The maximum Gasteiger partial charge on any atom is 0.0750 e. The highest BCUT2D eigenvalue weighted by Crippen LogP contribution is 2.33. The van der Waals surface area contributed by atoms with Crippen LogP contribution in [0.25, 0.3) is 10.9 Å². The second-order valence-corrected chi connectivity index (χ2v) is 4.80. The summed E-state index contributed by atoms with van der Waals surface area (Å²) in [5.74, 6) is 0. The molecule has 3 nitrogen and oxygen atoms in total. The first-order chi connectivity index (χ1) is 8.27. The Morgan fingerprint density at radius 2 is 2.12 bits per heavy atom. The molecule has 0 amide bonds. The molecule has 2 atom stereocenters. The van der Waals surface area contributed by atoms with Crippen LogP contribution < -0.4 is 5.73 Å². The van der Waals surface area contributed by atoms with E-state index in [2.05, 4.69) is 41.2 Å². The quantitative estimate of drug-likeness (QED) is 0.809. The molecule has 3 rings (SSSR count). The summed E-state index contributed by atoms with van der Waals surface area (Å²) >= 11 is 0. The van der Waals surface area contributed by atoms with E-state index in [0.717, 1.165) is 18.5 Å². The van der Waals surface area contributed by atoms with E-state index in [9.17, 15) is 0 Å². The van der Waals surface area contributed by atoms with Crippen molar-refractivity contribution in [2.24, 2.45) is 5.73 Å². The number of likely N-dealkylation sites (N-methyl/N-ethyl adjacent to an activating group) is 1. The first-order valence-corrected chi connectivity index (χ1v) is 6.07. The van der Waals surface area contributed by atoms with E-state index in [4.69, 9.17) is 5.73 Å². The lowest BCUT2D eigenvalue weighted by Crippen LogP contribution is -2.29. The third-order valence-corrected chi connectivity index (χ3v) is 3.68. The number of nitrogens with two attached hydrogens (primary N) is 1. The molecule has 1 fully saturated rings. The van der Waals surface area contributed by atoms with Gasteiger partial charge in [0.2, 0.25) is 0 Å². The highest BCUT2D eigenvalue weighted by atomic mass is 15.2. The molecule has 2 heterocycles. The number of nitrogens with zero attached hydrogens (tertiary/aromatic N) is 2. The number of aromatic nitrogens is 1. The lowest BCUT2D eigenvalue weighted by molar-refractivity contribution is 0.305. The zero-order valence-electron chi connectivity index (χ0n) is 10.0. The molecule has 2 N–H and O–H groups in total. The van der Waals surface area contributed by atoms with Gasteiger partial charge in [-0.05, 0) is 25.1 Å². The Kier molecular flexibility index (Phi) is 2.57. The Bertz CT molecular complexity index is 522. The lowest BCUT2D eigenvalue weighted by atomic mass is 9.98. The van der Waals surface area contributed by atoms with Gasteiger partial charge in [0.25, 0.3) is 0 Å². The predicted octanol–water partition coefficient (Wildman–Crippen LogP) is 1.94. The molecule has 17 heavy (non-hydrogen) atoms. The van der Waals surface area contributed by atoms with Crippen LogP contribution in [0, 0.1) is 0 Å². The van der Waals surface area contributed by atoms with Gasteiger partial charge >= 0.3 is 0 Å². The van der Waals surface area contributed by atoms with E-state index in [1.54, 1.807) is 0 Å². The fraction of sp³-hybridized carbons (Fsp3) is 0.357. The van der Waals surface area contributed by atoms with Crippen LogP contribution in [-0.2, 0) is 0 Å². The molecule has 2 aromatic rings. The standard InChI is InChI=1S/C14H17N3/c1-17-9-7-12(15)14(17)11-6-2-4-10-5-3-8-16-13(10)11/h2-6,8,12,14H,7,9,15H2,1H3. The van der Waals surface area contributed by atoms with Crippen LogP contribution in [-0.4, -0.2) is 29.5 Å². The fourth-order valence-corrected chi connectivity index (χ4v) is 2.81. The Morgan fingerprint density at radius 3 is 2.88 bits per heavy atom. The molecule has 0 spiro atoms. The summed E-state index contributed by atoms with van der Waals surface area (Å²) in [7, 11) is 2.14. The zero-order valence-corrected chi connectivity index (χ0v) is 10.0. The number of hydrogen-bond acceptors (Lipinski definition) is 3. The average Bonchev–Trinajstić information content (AvgIpc) is 2.69. The first-order valence-electron chi connectivity index (χ1n) is 6.07.